The van der Waals surface area contributed by atoms with Crippen molar-refractivity contribution in [2.75, 3.05) is 5.88 Å². The predicted octanol–water partition coefficient (Wildman–Crippen LogP) is 4.36. The predicted molar refractivity (Wildman–Crippen MR) is 77.3 cm³/mol. The molecule has 2 aromatic rings. The molecule has 0 saturated carbocycles. The summed E-state index contributed by atoms with van der Waals surface area (Å²) in [5.41, 5.74) is 2.09. The summed E-state index contributed by atoms with van der Waals surface area (Å²) < 4.78 is 0. The Bertz CT molecular complexity index is 451. The summed E-state index contributed by atoms with van der Waals surface area (Å²) in [6.07, 6.45) is 1.14. The van der Waals surface area contributed by atoms with Crippen LogP contribution in [-0.2, 0) is 6.42 Å². The Morgan fingerprint density at radius 3 is 1.83 bits per heavy atom. The van der Waals surface area contributed by atoms with E-state index in [-0.39, 0.29) is 11.7 Å². The van der Waals surface area contributed by atoms with Gasteiger partial charge in [0.15, 0.2) is 5.78 Å². The number of carbonyl (C=O) groups excluding carboxylic acids is 1. The average Bonchev–Trinajstić information content (AvgIpc) is 2.49. The first kappa shape index (κ1) is 14.5. The number of ketones is 1. The zero-order chi connectivity index (χ0) is 13.2. The Morgan fingerprint density at radius 2 is 1.44 bits per heavy atom. The topological polar surface area (TPSA) is 17.1 Å². The Balaban J connectivity index is 0.000000184. The minimum absolute atomic E-state index is 0.0257. The maximum atomic E-state index is 10.9. The lowest BCUT2D eigenvalue weighted by molar-refractivity contribution is 0.102. The van der Waals surface area contributed by atoms with Crippen LogP contribution in [0.25, 0.3) is 0 Å². The summed E-state index contributed by atoms with van der Waals surface area (Å²) in [5, 5.41) is 0. The summed E-state index contributed by atoms with van der Waals surface area (Å²) in [5.74, 6) is 0.0339. The van der Waals surface area contributed by atoms with Crippen LogP contribution in [-0.4, -0.2) is 11.7 Å². The van der Waals surface area contributed by atoms with Gasteiger partial charge >= 0.3 is 0 Å². The zero-order valence-corrected chi connectivity index (χ0v) is 11.2. The Kier molecular flexibility index (Phi) is 6.82. The van der Waals surface area contributed by atoms with Crippen molar-refractivity contribution in [2.24, 2.45) is 0 Å². The molecule has 0 fully saturated rings. The van der Waals surface area contributed by atoms with Crippen LogP contribution in [0.4, 0.5) is 0 Å². The molecule has 2 rings (SSSR count). The first-order chi connectivity index (χ1) is 8.77. The molecule has 0 unspecified atom stereocenters. The average molecular weight is 261 g/mol. The number of hydrogen-bond donors (Lipinski definition) is 0. The molecule has 0 radical (unpaired) electrons. The van der Waals surface area contributed by atoms with Gasteiger partial charge in [-0.2, -0.15) is 0 Å². The van der Waals surface area contributed by atoms with Gasteiger partial charge in [0.2, 0.25) is 0 Å². The Labute approximate surface area is 113 Å². The number of carbonyl (C=O) groups is 1. The third kappa shape index (κ3) is 5.15. The highest BCUT2D eigenvalue weighted by Gasteiger charge is 1.99. The quantitative estimate of drug-likeness (QED) is 0.592. The number of alkyl halides is 1. The highest BCUT2D eigenvalue weighted by molar-refractivity contribution is 6.30. The number of benzene rings is 2. The lowest BCUT2D eigenvalue weighted by Crippen LogP contribution is -1.98. The van der Waals surface area contributed by atoms with Crippen LogP contribution in [0.3, 0.4) is 0 Å². The monoisotopic (exact) mass is 260 g/mol. The first-order valence-corrected chi connectivity index (χ1v) is 6.49. The van der Waals surface area contributed by atoms with E-state index in [4.69, 9.17) is 11.6 Å². The summed E-state index contributed by atoms with van der Waals surface area (Å²) in [6.45, 7) is 2.16. The van der Waals surface area contributed by atoms with E-state index in [1.807, 2.05) is 24.3 Å². The number of hydrogen-bond acceptors (Lipinski definition) is 1. The van der Waals surface area contributed by atoms with E-state index in [1.54, 1.807) is 12.1 Å². The van der Waals surface area contributed by atoms with Crippen LogP contribution in [0.2, 0.25) is 0 Å². The lowest BCUT2D eigenvalue weighted by Gasteiger charge is -1.92. The fraction of sp³-hybridized carbons (Fsp3) is 0.188. The Hall–Kier alpha value is -1.60. The van der Waals surface area contributed by atoms with Gasteiger partial charge in [0.1, 0.15) is 0 Å². The molecule has 0 heterocycles. The van der Waals surface area contributed by atoms with Crippen LogP contribution in [0, 0.1) is 0 Å². The summed E-state index contributed by atoms with van der Waals surface area (Å²) in [6, 6.07) is 19.5. The highest BCUT2D eigenvalue weighted by Crippen LogP contribution is 2.00. The number of Topliss-reactive ketones (excluding diaryl/α,β-unsaturated/α-hetero) is 1. The fourth-order valence-electron chi connectivity index (χ4n) is 1.41. The van der Waals surface area contributed by atoms with Gasteiger partial charge in [-0.25, -0.2) is 0 Å². The van der Waals surface area contributed by atoms with Gasteiger partial charge in [0, 0.05) is 5.56 Å². The molecule has 0 amide bonds. The molecule has 0 aliphatic heterocycles. The summed E-state index contributed by atoms with van der Waals surface area (Å²) >= 11 is 5.34. The van der Waals surface area contributed by atoms with Gasteiger partial charge in [0.05, 0.1) is 5.88 Å². The largest absolute Gasteiger partial charge is 0.293 e. The van der Waals surface area contributed by atoms with E-state index in [2.05, 4.69) is 31.2 Å². The molecular formula is C16H17ClO. The third-order valence-corrected chi connectivity index (χ3v) is 2.71. The van der Waals surface area contributed by atoms with Crippen LogP contribution in [0.15, 0.2) is 60.7 Å². The molecule has 0 bridgehead atoms. The lowest BCUT2D eigenvalue weighted by atomic mass is 10.2. The van der Waals surface area contributed by atoms with Crippen molar-refractivity contribution in [2.45, 2.75) is 13.3 Å². The second kappa shape index (κ2) is 8.48. The maximum Gasteiger partial charge on any atom is 0.177 e. The van der Waals surface area contributed by atoms with Crippen LogP contribution in [0.5, 0.6) is 0 Å². The number of halogens is 1. The number of aryl methyl sites for hydroxylation is 1. The van der Waals surface area contributed by atoms with Crippen molar-refractivity contribution in [3.63, 3.8) is 0 Å². The molecule has 0 N–H and O–H groups in total. The second-order valence-corrected chi connectivity index (χ2v) is 4.03. The van der Waals surface area contributed by atoms with Crippen molar-refractivity contribution in [3.05, 3.63) is 71.8 Å². The first-order valence-electron chi connectivity index (χ1n) is 5.96. The van der Waals surface area contributed by atoms with Crippen molar-refractivity contribution in [3.8, 4) is 0 Å². The highest BCUT2D eigenvalue weighted by atomic mass is 35.5. The second-order valence-electron chi connectivity index (χ2n) is 3.76. The summed E-state index contributed by atoms with van der Waals surface area (Å²) in [7, 11) is 0. The molecule has 0 atom stereocenters. The molecule has 0 aromatic heterocycles. The van der Waals surface area contributed by atoms with Gasteiger partial charge in [-0.3, -0.25) is 4.79 Å². The van der Waals surface area contributed by atoms with Crippen molar-refractivity contribution in [1.82, 2.24) is 0 Å². The third-order valence-electron chi connectivity index (χ3n) is 2.47. The molecule has 1 nitrogen and oxygen atoms in total. The van der Waals surface area contributed by atoms with E-state index < -0.39 is 0 Å². The van der Waals surface area contributed by atoms with Crippen molar-refractivity contribution >= 4 is 17.4 Å². The molecule has 0 saturated heterocycles. The van der Waals surface area contributed by atoms with E-state index in [9.17, 15) is 4.79 Å². The maximum absolute atomic E-state index is 10.9. The van der Waals surface area contributed by atoms with Gasteiger partial charge in [-0.05, 0) is 12.0 Å². The minimum Gasteiger partial charge on any atom is -0.293 e. The van der Waals surface area contributed by atoms with Gasteiger partial charge in [-0.15, -0.1) is 11.6 Å². The van der Waals surface area contributed by atoms with Gasteiger partial charge < -0.3 is 0 Å². The SMILES string of the molecule is CCc1ccccc1.O=C(CCl)c1ccccc1. The standard InChI is InChI=1S/C8H7ClO.C8H10/c9-6-8(10)7-4-2-1-3-5-7;1-2-8-6-4-3-5-7-8/h1-5H,6H2;3-7H,2H2,1H3. The van der Waals surface area contributed by atoms with E-state index in [1.165, 1.54) is 5.56 Å². The van der Waals surface area contributed by atoms with E-state index >= 15 is 0 Å². The molecule has 18 heavy (non-hydrogen) atoms. The molecule has 2 aromatic carbocycles. The molecule has 94 valence electrons. The van der Waals surface area contributed by atoms with Gasteiger partial charge in [0.25, 0.3) is 0 Å². The van der Waals surface area contributed by atoms with Gasteiger partial charge in [-0.1, -0.05) is 67.6 Å². The molecule has 0 spiro atoms. The van der Waals surface area contributed by atoms with E-state index in [0.29, 0.717) is 5.56 Å². The molecule has 2 heteroatoms. The van der Waals surface area contributed by atoms with Crippen LogP contribution >= 0.6 is 11.6 Å². The smallest absolute Gasteiger partial charge is 0.177 e. The van der Waals surface area contributed by atoms with Crippen LogP contribution in [0.1, 0.15) is 22.8 Å². The molecular weight excluding hydrogens is 244 g/mol. The molecule has 0 aliphatic carbocycles. The fourth-order valence-corrected chi connectivity index (χ4v) is 1.57. The summed E-state index contributed by atoms with van der Waals surface area (Å²) in [4.78, 5) is 10.9. The minimum atomic E-state index is -0.0257. The normalized spacial score (nSPS) is 9.22. The van der Waals surface area contributed by atoms with Crippen molar-refractivity contribution < 1.29 is 4.79 Å². The van der Waals surface area contributed by atoms with Crippen molar-refractivity contribution in [1.29, 1.82) is 0 Å². The van der Waals surface area contributed by atoms with E-state index in [0.717, 1.165) is 6.42 Å². The molecule has 0 aliphatic rings. The van der Waals surface area contributed by atoms with Crippen LogP contribution < -0.4 is 0 Å². The number of rotatable bonds is 3. The zero-order valence-electron chi connectivity index (χ0n) is 10.5. The Morgan fingerprint density at radius 1 is 0.944 bits per heavy atom.